The lowest BCUT2D eigenvalue weighted by atomic mass is 9.97. The van der Waals surface area contributed by atoms with E-state index in [9.17, 15) is 4.79 Å². The Bertz CT molecular complexity index is 405. The van der Waals surface area contributed by atoms with Gasteiger partial charge in [0.15, 0.2) is 0 Å². The Balaban J connectivity index is 2.09. The average Bonchev–Trinajstić information content (AvgIpc) is 2.38. The predicted molar refractivity (Wildman–Crippen MR) is 68.0 cm³/mol. The van der Waals surface area contributed by atoms with Crippen molar-refractivity contribution >= 4 is 11.6 Å². The number of piperidine rings is 1. The minimum Gasteiger partial charge on any atom is -0.371 e. The second-order valence-electron chi connectivity index (χ2n) is 4.55. The molecule has 1 fully saturated rings. The molecule has 1 unspecified atom stereocenters. The lowest BCUT2D eigenvalue weighted by molar-refractivity contribution is -0.124. The average molecular weight is 233 g/mol. The van der Waals surface area contributed by atoms with Gasteiger partial charge in [0.1, 0.15) is 0 Å². The molecule has 0 spiro atoms. The summed E-state index contributed by atoms with van der Waals surface area (Å²) in [5.41, 5.74) is 2.19. The molecule has 1 saturated heterocycles. The molecule has 4 heteroatoms. The second kappa shape index (κ2) is 5.17. The van der Waals surface area contributed by atoms with Gasteiger partial charge >= 0.3 is 0 Å². The molecular formula is C13H19N3O. The highest BCUT2D eigenvalue weighted by Crippen LogP contribution is 2.23. The maximum absolute atomic E-state index is 11.7. The number of aromatic nitrogens is 1. The van der Waals surface area contributed by atoms with E-state index in [1.165, 1.54) is 5.69 Å². The smallest absolute Gasteiger partial charge is 0.224 e. The maximum atomic E-state index is 11.7. The lowest BCUT2D eigenvalue weighted by Crippen LogP contribution is -2.42. The van der Waals surface area contributed by atoms with Crippen LogP contribution in [0, 0.1) is 12.8 Å². The van der Waals surface area contributed by atoms with Crippen LogP contribution < -0.4 is 10.2 Å². The lowest BCUT2D eigenvalue weighted by Gasteiger charge is -2.33. The number of pyridine rings is 1. The Morgan fingerprint density at radius 3 is 3.12 bits per heavy atom. The van der Waals surface area contributed by atoms with E-state index in [1.807, 2.05) is 19.2 Å². The van der Waals surface area contributed by atoms with Gasteiger partial charge < -0.3 is 10.2 Å². The molecule has 2 rings (SSSR count). The van der Waals surface area contributed by atoms with Crippen LogP contribution in [0.3, 0.4) is 0 Å². The molecule has 1 aromatic heterocycles. The van der Waals surface area contributed by atoms with Gasteiger partial charge in [0.25, 0.3) is 0 Å². The number of aryl methyl sites for hydroxylation is 1. The maximum Gasteiger partial charge on any atom is 0.224 e. The largest absolute Gasteiger partial charge is 0.371 e. The summed E-state index contributed by atoms with van der Waals surface area (Å²) < 4.78 is 0. The van der Waals surface area contributed by atoms with E-state index in [-0.39, 0.29) is 11.8 Å². The van der Waals surface area contributed by atoms with Crippen molar-refractivity contribution in [2.75, 3.05) is 25.0 Å². The Morgan fingerprint density at radius 2 is 2.41 bits per heavy atom. The molecule has 0 radical (unpaired) electrons. The Hall–Kier alpha value is -1.58. The first-order valence-corrected chi connectivity index (χ1v) is 6.10. The van der Waals surface area contributed by atoms with Gasteiger partial charge in [-0.25, -0.2) is 0 Å². The molecule has 92 valence electrons. The molecular weight excluding hydrogens is 214 g/mol. The summed E-state index contributed by atoms with van der Waals surface area (Å²) in [5, 5.41) is 2.74. The molecule has 1 atom stereocenters. The summed E-state index contributed by atoms with van der Waals surface area (Å²) in [6.07, 6.45) is 3.88. The minimum absolute atomic E-state index is 0.113. The van der Waals surface area contributed by atoms with Crippen LogP contribution in [0.5, 0.6) is 0 Å². The van der Waals surface area contributed by atoms with Crippen molar-refractivity contribution < 1.29 is 4.79 Å². The number of amides is 1. The normalized spacial score (nSPS) is 20.1. The molecule has 2 heterocycles. The van der Waals surface area contributed by atoms with Gasteiger partial charge in [-0.2, -0.15) is 0 Å². The van der Waals surface area contributed by atoms with Crippen molar-refractivity contribution in [2.45, 2.75) is 19.8 Å². The number of rotatable bonds is 2. The van der Waals surface area contributed by atoms with Crippen molar-refractivity contribution in [3.8, 4) is 0 Å². The zero-order valence-electron chi connectivity index (χ0n) is 10.4. The zero-order valence-corrected chi connectivity index (χ0v) is 10.4. The number of nitrogens with zero attached hydrogens (tertiary/aromatic N) is 2. The fraction of sp³-hybridized carbons (Fsp3) is 0.538. The summed E-state index contributed by atoms with van der Waals surface area (Å²) >= 11 is 0. The summed E-state index contributed by atoms with van der Waals surface area (Å²) in [4.78, 5) is 18.1. The zero-order chi connectivity index (χ0) is 12.3. The molecule has 1 aliphatic heterocycles. The summed E-state index contributed by atoms with van der Waals surface area (Å²) in [6.45, 7) is 3.82. The van der Waals surface area contributed by atoms with E-state index < -0.39 is 0 Å². The van der Waals surface area contributed by atoms with Crippen LogP contribution >= 0.6 is 0 Å². The molecule has 1 amide bonds. The first kappa shape index (κ1) is 11.9. The third kappa shape index (κ3) is 2.75. The van der Waals surface area contributed by atoms with E-state index in [1.54, 1.807) is 7.05 Å². The Kier molecular flexibility index (Phi) is 3.61. The highest BCUT2D eigenvalue weighted by atomic mass is 16.1. The highest BCUT2D eigenvalue weighted by Gasteiger charge is 2.25. The van der Waals surface area contributed by atoms with Crippen molar-refractivity contribution in [1.82, 2.24) is 10.3 Å². The second-order valence-corrected chi connectivity index (χ2v) is 4.55. The fourth-order valence-corrected chi connectivity index (χ4v) is 2.36. The number of hydrogen-bond donors (Lipinski definition) is 1. The first-order chi connectivity index (χ1) is 8.20. The van der Waals surface area contributed by atoms with Crippen LogP contribution in [-0.2, 0) is 4.79 Å². The highest BCUT2D eigenvalue weighted by molar-refractivity contribution is 5.79. The SMILES string of the molecule is CNC(=O)C1CCCN(c2ccnc(C)c2)C1. The van der Waals surface area contributed by atoms with Gasteiger partial charge in [0.05, 0.1) is 5.92 Å². The van der Waals surface area contributed by atoms with Crippen molar-refractivity contribution in [2.24, 2.45) is 5.92 Å². The Labute approximate surface area is 102 Å². The monoisotopic (exact) mass is 233 g/mol. The van der Waals surface area contributed by atoms with E-state index in [0.717, 1.165) is 31.6 Å². The molecule has 1 aliphatic rings. The number of carbonyl (C=O) groups excluding carboxylic acids is 1. The molecule has 0 aliphatic carbocycles. The molecule has 4 nitrogen and oxygen atoms in total. The molecule has 0 bridgehead atoms. The van der Waals surface area contributed by atoms with E-state index in [4.69, 9.17) is 0 Å². The van der Waals surface area contributed by atoms with Crippen LogP contribution in [0.4, 0.5) is 5.69 Å². The summed E-state index contributed by atoms with van der Waals surface area (Å²) in [5.74, 6) is 0.266. The third-order valence-electron chi connectivity index (χ3n) is 3.28. The van der Waals surface area contributed by atoms with Crippen LogP contribution in [0.15, 0.2) is 18.3 Å². The van der Waals surface area contributed by atoms with Gasteiger partial charge in [0.2, 0.25) is 5.91 Å². The van der Waals surface area contributed by atoms with E-state index in [2.05, 4.69) is 21.3 Å². The minimum atomic E-state index is 0.113. The summed E-state index contributed by atoms with van der Waals surface area (Å²) in [6, 6.07) is 4.09. The van der Waals surface area contributed by atoms with Gasteiger partial charge in [-0.05, 0) is 31.9 Å². The molecule has 17 heavy (non-hydrogen) atoms. The van der Waals surface area contributed by atoms with Crippen LogP contribution in [0.25, 0.3) is 0 Å². The topological polar surface area (TPSA) is 45.2 Å². The van der Waals surface area contributed by atoms with Crippen LogP contribution in [0.2, 0.25) is 0 Å². The standard InChI is InChI=1S/C13H19N3O/c1-10-8-12(5-6-15-10)16-7-3-4-11(9-16)13(17)14-2/h5-6,8,11H,3-4,7,9H2,1-2H3,(H,14,17). The van der Waals surface area contributed by atoms with Crippen molar-refractivity contribution in [3.05, 3.63) is 24.0 Å². The molecule has 0 aromatic carbocycles. The molecule has 1 aromatic rings. The number of carbonyl (C=O) groups is 1. The number of anilines is 1. The van der Waals surface area contributed by atoms with Gasteiger partial charge in [0, 0.05) is 37.7 Å². The first-order valence-electron chi connectivity index (χ1n) is 6.10. The van der Waals surface area contributed by atoms with Crippen molar-refractivity contribution in [1.29, 1.82) is 0 Å². The fourth-order valence-electron chi connectivity index (χ4n) is 2.36. The quantitative estimate of drug-likeness (QED) is 0.838. The van der Waals surface area contributed by atoms with Crippen molar-refractivity contribution in [3.63, 3.8) is 0 Å². The van der Waals surface area contributed by atoms with Crippen LogP contribution in [-0.4, -0.2) is 31.0 Å². The van der Waals surface area contributed by atoms with Gasteiger partial charge in [-0.15, -0.1) is 0 Å². The predicted octanol–water partition coefficient (Wildman–Crippen LogP) is 1.35. The van der Waals surface area contributed by atoms with E-state index in [0.29, 0.717) is 0 Å². The third-order valence-corrected chi connectivity index (χ3v) is 3.28. The van der Waals surface area contributed by atoms with Gasteiger partial charge in [-0.1, -0.05) is 0 Å². The van der Waals surface area contributed by atoms with Gasteiger partial charge in [-0.3, -0.25) is 9.78 Å². The number of nitrogens with one attached hydrogen (secondary N) is 1. The summed E-state index contributed by atoms with van der Waals surface area (Å²) in [7, 11) is 1.71. The Morgan fingerprint density at radius 1 is 1.59 bits per heavy atom. The molecule has 0 saturated carbocycles. The van der Waals surface area contributed by atoms with E-state index >= 15 is 0 Å². The van der Waals surface area contributed by atoms with Crippen LogP contribution in [0.1, 0.15) is 18.5 Å². The molecule has 1 N–H and O–H groups in total. The number of hydrogen-bond acceptors (Lipinski definition) is 3.